The van der Waals surface area contributed by atoms with Gasteiger partial charge in [-0.15, -0.1) is 12.4 Å². The summed E-state index contributed by atoms with van der Waals surface area (Å²) < 4.78 is 5.65. The molecule has 0 fully saturated rings. The van der Waals surface area contributed by atoms with Gasteiger partial charge in [-0.2, -0.15) is 0 Å². The number of rotatable bonds is 1. The number of likely N-dealkylation sites (N-methyl/N-ethyl adjacent to an activating group) is 1. The van der Waals surface area contributed by atoms with Crippen LogP contribution in [0, 0.1) is 0 Å². The lowest BCUT2D eigenvalue weighted by molar-refractivity contribution is 0.165. The quantitative estimate of drug-likeness (QED) is 0.784. The van der Waals surface area contributed by atoms with E-state index in [1.807, 2.05) is 20.2 Å². The van der Waals surface area contributed by atoms with Gasteiger partial charge in [0.25, 0.3) is 0 Å². The molecular weight excluding hydrogens is 268 g/mol. The summed E-state index contributed by atoms with van der Waals surface area (Å²) in [6.07, 6.45) is 0.933. The van der Waals surface area contributed by atoms with Crippen molar-refractivity contribution in [3.63, 3.8) is 0 Å². The molecule has 0 spiro atoms. The number of halogens is 3. The molecule has 0 bridgehead atoms. The lowest BCUT2D eigenvalue weighted by atomic mass is 10.0. The molecule has 2 rings (SSSR count). The highest BCUT2D eigenvalue weighted by Gasteiger charge is 2.23. The lowest BCUT2D eigenvalue weighted by Gasteiger charge is -2.30. The van der Waals surface area contributed by atoms with Crippen LogP contribution in [-0.2, 0) is 6.42 Å². The van der Waals surface area contributed by atoms with E-state index in [9.17, 15) is 0 Å². The van der Waals surface area contributed by atoms with Crippen LogP contribution in [0.3, 0.4) is 0 Å². The second kappa shape index (κ2) is 5.46. The zero-order valence-electron chi connectivity index (χ0n) is 9.17. The Morgan fingerprint density at radius 2 is 2.00 bits per heavy atom. The van der Waals surface area contributed by atoms with Gasteiger partial charge in [-0.1, -0.05) is 23.2 Å². The Morgan fingerprint density at radius 3 is 2.62 bits per heavy atom. The van der Waals surface area contributed by atoms with Crippen LogP contribution < -0.4 is 4.74 Å². The van der Waals surface area contributed by atoms with Gasteiger partial charge < -0.3 is 9.64 Å². The molecule has 0 radical (unpaired) electrons. The number of hydrogen-bond donors (Lipinski definition) is 0. The molecule has 2 nitrogen and oxygen atoms in total. The SMILES string of the molecule is CN(C)C1COc2c(Cl)cc(Cl)cc2C1.Cl. The molecule has 0 N–H and O–H groups in total. The molecule has 90 valence electrons. The van der Waals surface area contributed by atoms with Crippen molar-refractivity contribution in [3.8, 4) is 5.75 Å². The molecule has 0 saturated carbocycles. The number of nitrogens with zero attached hydrogens (tertiary/aromatic N) is 1. The minimum Gasteiger partial charge on any atom is -0.490 e. The first-order valence-corrected chi connectivity index (χ1v) is 5.60. The van der Waals surface area contributed by atoms with Crippen LogP contribution in [0.1, 0.15) is 5.56 Å². The van der Waals surface area contributed by atoms with E-state index in [0.717, 1.165) is 17.7 Å². The fourth-order valence-corrected chi connectivity index (χ4v) is 2.34. The Labute approximate surface area is 112 Å². The standard InChI is InChI=1S/C11H13Cl2NO.ClH/c1-14(2)9-4-7-3-8(12)5-10(13)11(7)15-6-9;/h3,5,9H,4,6H2,1-2H3;1H. The maximum atomic E-state index is 6.05. The Kier molecular flexibility index (Phi) is 4.74. The fourth-order valence-electron chi connectivity index (χ4n) is 1.75. The third-order valence-electron chi connectivity index (χ3n) is 2.69. The maximum Gasteiger partial charge on any atom is 0.141 e. The van der Waals surface area contributed by atoms with Gasteiger partial charge in [0.15, 0.2) is 0 Å². The van der Waals surface area contributed by atoms with Crippen LogP contribution in [0.25, 0.3) is 0 Å². The van der Waals surface area contributed by atoms with Gasteiger partial charge in [-0.25, -0.2) is 0 Å². The first-order chi connectivity index (χ1) is 7.08. The van der Waals surface area contributed by atoms with E-state index in [0.29, 0.717) is 22.7 Å². The maximum absolute atomic E-state index is 6.05. The highest BCUT2D eigenvalue weighted by Crippen LogP contribution is 2.36. The molecule has 1 atom stereocenters. The molecule has 1 aromatic rings. The highest BCUT2D eigenvalue weighted by molar-refractivity contribution is 6.35. The monoisotopic (exact) mass is 281 g/mol. The van der Waals surface area contributed by atoms with Gasteiger partial charge >= 0.3 is 0 Å². The first-order valence-electron chi connectivity index (χ1n) is 4.85. The predicted molar refractivity (Wildman–Crippen MR) is 70.4 cm³/mol. The molecular formula is C11H14Cl3NO. The summed E-state index contributed by atoms with van der Waals surface area (Å²) in [6, 6.07) is 4.04. The van der Waals surface area contributed by atoms with E-state index in [-0.39, 0.29) is 12.4 Å². The highest BCUT2D eigenvalue weighted by atomic mass is 35.5. The smallest absolute Gasteiger partial charge is 0.141 e. The van der Waals surface area contributed by atoms with Gasteiger partial charge in [0, 0.05) is 11.1 Å². The molecule has 0 saturated heterocycles. The predicted octanol–water partition coefficient (Wildman–Crippen LogP) is 3.28. The van der Waals surface area contributed by atoms with E-state index in [2.05, 4.69) is 4.90 Å². The lowest BCUT2D eigenvalue weighted by Crippen LogP contribution is -2.38. The molecule has 1 aliphatic rings. The Hall–Kier alpha value is -0.150. The zero-order chi connectivity index (χ0) is 11.0. The number of ether oxygens (including phenoxy) is 1. The summed E-state index contributed by atoms with van der Waals surface area (Å²) in [4.78, 5) is 2.15. The zero-order valence-corrected chi connectivity index (χ0v) is 11.5. The van der Waals surface area contributed by atoms with Crippen LogP contribution in [0.15, 0.2) is 12.1 Å². The van der Waals surface area contributed by atoms with Crippen molar-refractivity contribution in [2.24, 2.45) is 0 Å². The van der Waals surface area contributed by atoms with E-state index < -0.39 is 0 Å². The van der Waals surface area contributed by atoms with Gasteiger partial charge in [0.05, 0.1) is 5.02 Å². The number of hydrogen-bond acceptors (Lipinski definition) is 2. The Bertz CT molecular complexity index is 382. The topological polar surface area (TPSA) is 12.5 Å². The van der Waals surface area contributed by atoms with Crippen LogP contribution in [0.5, 0.6) is 5.75 Å². The van der Waals surface area contributed by atoms with E-state index in [1.54, 1.807) is 6.07 Å². The van der Waals surface area contributed by atoms with Crippen molar-refractivity contribution in [1.29, 1.82) is 0 Å². The second-order valence-electron chi connectivity index (χ2n) is 4.01. The van der Waals surface area contributed by atoms with Gasteiger partial charge in [-0.05, 0) is 38.2 Å². The van der Waals surface area contributed by atoms with E-state index in [4.69, 9.17) is 27.9 Å². The van der Waals surface area contributed by atoms with Crippen molar-refractivity contribution in [2.45, 2.75) is 12.5 Å². The summed E-state index contributed by atoms with van der Waals surface area (Å²) in [5.41, 5.74) is 1.09. The van der Waals surface area contributed by atoms with Crippen molar-refractivity contribution in [1.82, 2.24) is 4.90 Å². The normalized spacial score (nSPS) is 18.7. The largest absolute Gasteiger partial charge is 0.490 e. The Morgan fingerprint density at radius 1 is 1.31 bits per heavy atom. The molecule has 1 aromatic carbocycles. The molecule has 16 heavy (non-hydrogen) atoms. The molecule has 0 aromatic heterocycles. The molecule has 1 heterocycles. The van der Waals surface area contributed by atoms with Crippen molar-refractivity contribution in [2.75, 3.05) is 20.7 Å². The molecule has 5 heteroatoms. The summed E-state index contributed by atoms with van der Waals surface area (Å²) in [5, 5.41) is 1.27. The summed E-state index contributed by atoms with van der Waals surface area (Å²) in [7, 11) is 4.09. The van der Waals surface area contributed by atoms with Crippen molar-refractivity contribution in [3.05, 3.63) is 27.7 Å². The van der Waals surface area contributed by atoms with Crippen molar-refractivity contribution < 1.29 is 4.74 Å². The molecule has 1 aliphatic heterocycles. The summed E-state index contributed by atoms with van der Waals surface area (Å²) >= 11 is 12.0. The van der Waals surface area contributed by atoms with Gasteiger partial charge in [0.2, 0.25) is 0 Å². The number of benzene rings is 1. The minimum atomic E-state index is 0. The van der Waals surface area contributed by atoms with Crippen LogP contribution in [0.4, 0.5) is 0 Å². The summed E-state index contributed by atoms with van der Waals surface area (Å²) in [5.74, 6) is 0.791. The van der Waals surface area contributed by atoms with Crippen LogP contribution in [0.2, 0.25) is 10.0 Å². The van der Waals surface area contributed by atoms with Gasteiger partial charge in [0.1, 0.15) is 12.4 Å². The second-order valence-corrected chi connectivity index (χ2v) is 4.85. The fraction of sp³-hybridized carbons (Fsp3) is 0.455. The average molecular weight is 283 g/mol. The molecule has 1 unspecified atom stereocenters. The summed E-state index contributed by atoms with van der Waals surface area (Å²) in [6.45, 7) is 0.682. The van der Waals surface area contributed by atoms with E-state index >= 15 is 0 Å². The molecule has 0 aliphatic carbocycles. The third-order valence-corrected chi connectivity index (χ3v) is 3.19. The number of fused-ring (bicyclic) bond motifs is 1. The molecule has 0 amide bonds. The van der Waals surface area contributed by atoms with E-state index in [1.165, 1.54) is 0 Å². The van der Waals surface area contributed by atoms with Crippen molar-refractivity contribution >= 4 is 35.6 Å². The third kappa shape index (κ3) is 2.75. The minimum absolute atomic E-state index is 0. The first kappa shape index (κ1) is 13.9. The Balaban J connectivity index is 0.00000128. The average Bonchev–Trinajstić information content (AvgIpc) is 2.16. The van der Waals surface area contributed by atoms with Crippen LogP contribution >= 0.6 is 35.6 Å². The van der Waals surface area contributed by atoms with Gasteiger partial charge in [-0.3, -0.25) is 0 Å². The van der Waals surface area contributed by atoms with Crippen LogP contribution in [-0.4, -0.2) is 31.6 Å².